The van der Waals surface area contributed by atoms with Gasteiger partial charge in [0.05, 0.1) is 0 Å². The van der Waals surface area contributed by atoms with Crippen molar-refractivity contribution in [1.29, 1.82) is 0 Å². The summed E-state index contributed by atoms with van der Waals surface area (Å²) in [5.74, 6) is 0.331. The summed E-state index contributed by atoms with van der Waals surface area (Å²) >= 11 is 1.54. The first-order valence-electron chi connectivity index (χ1n) is 6.07. The van der Waals surface area contributed by atoms with Gasteiger partial charge in [-0.15, -0.1) is 11.8 Å². The lowest BCUT2D eigenvalue weighted by molar-refractivity contribution is 0.462. The maximum absolute atomic E-state index is 9.62. The molecule has 3 heteroatoms. The standard InChI is InChI=1S/C16H17NOS/c1-19-16-10-13(8-9-15(16)18)5-2-12-3-6-14(11-17)7-4-12/h2-10,18H,11,17H2,1H3/b5-2+. The van der Waals surface area contributed by atoms with Crippen LogP contribution in [0.1, 0.15) is 16.7 Å². The minimum Gasteiger partial charge on any atom is -0.507 e. The molecular formula is C16H17NOS. The van der Waals surface area contributed by atoms with Gasteiger partial charge in [0, 0.05) is 11.4 Å². The maximum atomic E-state index is 9.62. The van der Waals surface area contributed by atoms with E-state index in [1.165, 1.54) is 11.8 Å². The molecule has 0 aliphatic rings. The number of nitrogens with two attached hydrogens (primary N) is 1. The Morgan fingerprint density at radius 2 is 1.68 bits per heavy atom. The van der Waals surface area contributed by atoms with Crippen molar-refractivity contribution in [2.75, 3.05) is 6.26 Å². The third-order valence-corrected chi connectivity index (χ3v) is 3.65. The summed E-state index contributed by atoms with van der Waals surface area (Å²) in [4.78, 5) is 0.889. The zero-order valence-electron chi connectivity index (χ0n) is 10.8. The second kappa shape index (κ2) is 6.45. The minimum atomic E-state index is 0.331. The smallest absolute Gasteiger partial charge is 0.129 e. The molecule has 0 aliphatic heterocycles. The zero-order chi connectivity index (χ0) is 13.7. The predicted molar refractivity (Wildman–Crippen MR) is 83.1 cm³/mol. The fourth-order valence-electron chi connectivity index (χ4n) is 1.76. The number of hydrogen-bond acceptors (Lipinski definition) is 3. The van der Waals surface area contributed by atoms with Crippen LogP contribution in [0.4, 0.5) is 0 Å². The maximum Gasteiger partial charge on any atom is 0.129 e. The van der Waals surface area contributed by atoms with E-state index in [4.69, 9.17) is 5.73 Å². The van der Waals surface area contributed by atoms with Gasteiger partial charge in [-0.2, -0.15) is 0 Å². The van der Waals surface area contributed by atoms with Gasteiger partial charge in [0.1, 0.15) is 5.75 Å². The van der Waals surface area contributed by atoms with Crippen molar-refractivity contribution in [3.05, 3.63) is 59.2 Å². The average Bonchev–Trinajstić information content (AvgIpc) is 2.47. The highest BCUT2D eigenvalue weighted by Crippen LogP contribution is 2.27. The van der Waals surface area contributed by atoms with Gasteiger partial charge in [-0.05, 0) is 35.1 Å². The third-order valence-electron chi connectivity index (χ3n) is 2.89. The Morgan fingerprint density at radius 1 is 1.05 bits per heavy atom. The Labute approximate surface area is 118 Å². The normalized spacial score (nSPS) is 11.1. The molecular weight excluding hydrogens is 254 g/mol. The van der Waals surface area contributed by atoms with Crippen molar-refractivity contribution in [2.45, 2.75) is 11.4 Å². The van der Waals surface area contributed by atoms with Crippen LogP contribution >= 0.6 is 11.8 Å². The highest BCUT2D eigenvalue weighted by molar-refractivity contribution is 7.98. The molecule has 0 radical (unpaired) electrons. The lowest BCUT2D eigenvalue weighted by atomic mass is 10.1. The van der Waals surface area contributed by atoms with E-state index >= 15 is 0 Å². The van der Waals surface area contributed by atoms with E-state index in [0.29, 0.717) is 12.3 Å². The zero-order valence-corrected chi connectivity index (χ0v) is 11.7. The van der Waals surface area contributed by atoms with Crippen molar-refractivity contribution in [3.8, 4) is 5.75 Å². The van der Waals surface area contributed by atoms with Crippen LogP contribution in [0.5, 0.6) is 5.75 Å². The molecule has 98 valence electrons. The average molecular weight is 271 g/mol. The highest BCUT2D eigenvalue weighted by atomic mass is 32.2. The van der Waals surface area contributed by atoms with Gasteiger partial charge >= 0.3 is 0 Å². The molecule has 0 atom stereocenters. The Hall–Kier alpha value is -1.71. The van der Waals surface area contributed by atoms with Gasteiger partial charge in [0.25, 0.3) is 0 Å². The molecule has 2 aromatic rings. The second-order valence-corrected chi connectivity index (χ2v) is 5.06. The molecule has 0 fully saturated rings. The molecule has 0 saturated carbocycles. The summed E-state index contributed by atoms with van der Waals surface area (Å²) in [6, 6.07) is 13.8. The van der Waals surface area contributed by atoms with Crippen LogP contribution in [0.2, 0.25) is 0 Å². The summed E-state index contributed by atoms with van der Waals surface area (Å²) in [6.45, 7) is 0.568. The summed E-state index contributed by atoms with van der Waals surface area (Å²) in [5, 5.41) is 9.62. The molecule has 2 rings (SSSR count). The largest absolute Gasteiger partial charge is 0.507 e. The van der Waals surface area contributed by atoms with Crippen molar-refractivity contribution in [3.63, 3.8) is 0 Å². The van der Waals surface area contributed by atoms with Crippen LogP contribution in [0.3, 0.4) is 0 Å². The van der Waals surface area contributed by atoms with Crippen LogP contribution in [0.25, 0.3) is 12.2 Å². The Kier molecular flexibility index (Phi) is 4.66. The van der Waals surface area contributed by atoms with Crippen molar-refractivity contribution in [1.82, 2.24) is 0 Å². The molecule has 0 aromatic heterocycles. The minimum absolute atomic E-state index is 0.331. The first-order valence-corrected chi connectivity index (χ1v) is 7.29. The second-order valence-electron chi connectivity index (χ2n) is 4.21. The quantitative estimate of drug-likeness (QED) is 0.657. The highest BCUT2D eigenvalue weighted by Gasteiger charge is 1.99. The van der Waals surface area contributed by atoms with Crippen LogP contribution in [0.15, 0.2) is 47.4 Å². The van der Waals surface area contributed by atoms with E-state index in [0.717, 1.165) is 21.6 Å². The Balaban J connectivity index is 2.17. The van der Waals surface area contributed by atoms with Crippen molar-refractivity contribution in [2.24, 2.45) is 5.73 Å². The molecule has 3 N–H and O–H groups in total. The molecule has 0 unspecified atom stereocenters. The van der Waals surface area contributed by atoms with E-state index in [2.05, 4.69) is 18.2 Å². The molecule has 2 nitrogen and oxygen atoms in total. The van der Waals surface area contributed by atoms with E-state index in [1.807, 2.05) is 36.6 Å². The number of thioether (sulfide) groups is 1. The lowest BCUT2D eigenvalue weighted by Gasteiger charge is -2.02. The van der Waals surface area contributed by atoms with E-state index in [1.54, 1.807) is 6.07 Å². The van der Waals surface area contributed by atoms with Gasteiger partial charge in [0.2, 0.25) is 0 Å². The number of phenolic OH excluding ortho intramolecular Hbond substituents is 1. The van der Waals surface area contributed by atoms with Crippen molar-refractivity contribution < 1.29 is 5.11 Å². The van der Waals surface area contributed by atoms with Crippen LogP contribution < -0.4 is 5.73 Å². The summed E-state index contributed by atoms with van der Waals surface area (Å²) in [6.07, 6.45) is 6.04. The summed E-state index contributed by atoms with van der Waals surface area (Å²) < 4.78 is 0. The number of phenols is 1. The fourth-order valence-corrected chi connectivity index (χ4v) is 2.29. The first kappa shape index (κ1) is 13.7. The van der Waals surface area contributed by atoms with Crippen LogP contribution in [0, 0.1) is 0 Å². The van der Waals surface area contributed by atoms with Crippen LogP contribution in [-0.2, 0) is 6.54 Å². The van der Waals surface area contributed by atoms with Gasteiger partial charge < -0.3 is 10.8 Å². The number of aromatic hydroxyl groups is 1. The van der Waals surface area contributed by atoms with Crippen LogP contribution in [-0.4, -0.2) is 11.4 Å². The topological polar surface area (TPSA) is 46.2 Å². The monoisotopic (exact) mass is 271 g/mol. The molecule has 0 heterocycles. The molecule has 0 bridgehead atoms. The first-order chi connectivity index (χ1) is 9.22. The predicted octanol–water partition coefficient (Wildman–Crippen LogP) is 3.74. The molecule has 0 saturated heterocycles. The number of benzene rings is 2. The molecule has 2 aromatic carbocycles. The Morgan fingerprint density at radius 3 is 2.32 bits per heavy atom. The van der Waals surface area contributed by atoms with E-state index in [-0.39, 0.29) is 0 Å². The van der Waals surface area contributed by atoms with E-state index < -0.39 is 0 Å². The lowest BCUT2D eigenvalue weighted by Crippen LogP contribution is -1.94. The fraction of sp³-hybridized carbons (Fsp3) is 0.125. The van der Waals surface area contributed by atoms with Gasteiger partial charge in [0.15, 0.2) is 0 Å². The molecule has 0 spiro atoms. The molecule has 19 heavy (non-hydrogen) atoms. The van der Waals surface area contributed by atoms with Gasteiger partial charge in [-0.25, -0.2) is 0 Å². The van der Waals surface area contributed by atoms with Gasteiger partial charge in [-0.1, -0.05) is 42.5 Å². The van der Waals surface area contributed by atoms with E-state index in [9.17, 15) is 5.11 Å². The number of hydrogen-bond donors (Lipinski definition) is 2. The van der Waals surface area contributed by atoms with Gasteiger partial charge in [-0.3, -0.25) is 0 Å². The number of rotatable bonds is 4. The van der Waals surface area contributed by atoms with Crippen molar-refractivity contribution >= 4 is 23.9 Å². The SMILES string of the molecule is CSc1cc(/C=C/c2ccc(CN)cc2)ccc1O. The summed E-state index contributed by atoms with van der Waals surface area (Å²) in [5.41, 5.74) is 8.91. The molecule has 0 amide bonds. The molecule has 0 aliphatic carbocycles. The Bertz CT molecular complexity index is 576. The summed E-state index contributed by atoms with van der Waals surface area (Å²) in [7, 11) is 0. The third kappa shape index (κ3) is 3.63.